The third-order valence-electron chi connectivity index (χ3n) is 7.39. The Morgan fingerprint density at radius 2 is 1.74 bits per heavy atom. The van der Waals surface area contributed by atoms with E-state index in [1.165, 1.54) is 17.7 Å². The number of rotatable bonds is 10. The topological polar surface area (TPSA) is 74.2 Å². The van der Waals surface area contributed by atoms with Crippen LogP contribution in [0, 0.1) is 11.6 Å². The number of benzene rings is 3. The van der Waals surface area contributed by atoms with E-state index in [2.05, 4.69) is 29.7 Å². The number of aromatic nitrogens is 1. The van der Waals surface area contributed by atoms with E-state index in [1.54, 1.807) is 0 Å². The highest BCUT2D eigenvalue weighted by molar-refractivity contribution is 6.08. The number of carbonyl (C=O) groups excluding carboxylic acids is 1. The van der Waals surface area contributed by atoms with Crippen LogP contribution in [-0.4, -0.2) is 34.7 Å². The minimum absolute atomic E-state index is 0.0692. The Labute approximate surface area is 227 Å². The van der Waals surface area contributed by atoms with Gasteiger partial charge in [0.15, 0.2) is 0 Å². The van der Waals surface area contributed by atoms with Crippen molar-refractivity contribution in [1.82, 2.24) is 15.6 Å². The minimum Gasteiger partial charge on any atom is -0.390 e. The van der Waals surface area contributed by atoms with Gasteiger partial charge < -0.3 is 15.7 Å². The summed E-state index contributed by atoms with van der Waals surface area (Å²) < 4.78 is 27.9. The quantitative estimate of drug-likeness (QED) is 0.269. The van der Waals surface area contributed by atoms with Gasteiger partial charge in [0.1, 0.15) is 11.6 Å². The molecule has 5 rings (SSSR count). The lowest BCUT2D eigenvalue weighted by atomic mass is 9.97. The number of hydrogen-bond acceptors (Lipinski definition) is 4. The molecule has 0 fully saturated rings. The van der Waals surface area contributed by atoms with E-state index in [4.69, 9.17) is 4.98 Å². The fourth-order valence-corrected chi connectivity index (χ4v) is 5.44. The first kappa shape index (κ1) is 26.9. The normalized spacial score (nSPS) is 14.3. The van der Waals surface area contributed by atoms with Crippen LogP contribution >= 0.6 is 0 Å². The second-order valence-electron chi connectivity index (χ2n) is 10.2. The summed E-state index contributed by atoms with van der Waals surface area (Å²) in [6.07, 6.45) is 2.50. The highest BCUT2D eigenvalue weighted by Crippen LogP contribution is 2.30. The van der Waals surface area contributed by atoms with E-state index in [0.29, 0.717) is 17.7 Å². The lowest BCUT2D eigenvalue weighted by molar-refractivity contribution is 0.0830. The van der Waals surface area contributed by atoms with Gasteiger partial charge in [-0.3, -0.25) is 9.78 Å². The molecular formula is C32H33F2N3O2. The summed E-state index contributed by atoms with van der Waals surface area (Å²) in [6, 6.07) is 18.3. The van der Waals surface area contributed by atoms with Gasteiger partial charge in [0.2, 0.25) is 0 Å². The summed E-state index contributed by atoms with van der Waals surface area (Å²) in [4.78, 5) is 18.6. The fraction of sp³-hybridized carbons (Fsp3) is 0.312. The fourth-order valence-electron chi connectivity index (χ4n) is 5.44. The molecule has 0 bridgehead atoms. The lowest BCUT2D eigenvalue weighted by Gasteiger charge is -2.26. The van der Waals surface area contributed by atoms with E-state index in [0.717, 1.165) is 59.5 Å². The molecule has 0 radical (unpaired) electrons. The van der Waals surface area contributed by atoms with Gasteiger partial charge in [-0.2, -0.15) is 0 Å². The van der Waals surface area contributed by atoms with Gasteiger partial charge in [0, 0.05) is 30.2 Å². The smallest absolute Gasteiger partial charge is 0.252 e. The number of amides is 1. The number of halogens is 2. The number of pyridine rings is 1. The van der Waals surface area contributed by atoms with Crippen molar-refractivity contribution >= 4 is 16.8 Å². The third-order valence-corrected chi connectivity index (χ3v) is 7.39. The zero-order chi connectivity index (χ0) is 27.4. The van der Waals surface area contributed by atoms with Crippen molar-refractivity contribution in [3.8, 4) is 0 Å². The number of aryl methyl sites for hydroxylation is 2. The van der Waals surface area contributed by atoms with E-state index < -0.39 is 23.8 Å². The summed E-state index contributed by atoms with van der Waals surface area (Å²) >= 11 is 0. The average molecular weight is 530 g/mol. The molecule has 3 aromatic carbocycles. The van der Waals surface area contributed by atoms with Crippen LogP contribution in [0.3, 0.4) is 0 Å². The van der Waals surface area contributed by atoms with Gasteiger partial charge in [-0.15, -0.1) is 0 Å². The van der Waals surface area contributed by atoms with Crippen LogP contribution in [0.2, 0.25) is 0 Å². The van der Waals surface area contributed by atoms with E-state index >= 15 is 0 Å². The molecule has 0 saturated heterocycles. The van der Waals surface area contributed by atoms with Gasteiger partial charge in [-0.05, 0) is 72.6 Å². The summed E-state index contributed by atoms with van der Waals surface area (Å²) in [5.74, 6) is -1.71. The van der Waals surface area contributed by atoms with Crippen LogP contribution in [0.5, 0.6) is 0 Å². The van der Waals surface area contributed by atoms with Crippen molar-refractivity contribution in [2.75, 3.05) is 6.54 Å². The van der Waals surface area contributed by atoms with E-state index in [-0.39, 0.29) is 18.9 Å². The molecule has 1 amide bonds. The van der Waals surface area contributed by atoms with E-state index in [1.807, 2.05) is 36.4 Å². The van der Waals surface area contributed by atoms with Crippen LogP contribution in [0.4, 0.5) is 8.78 Å². The average Bonchev–Trinajstić information content (AvgIpc) is 3.38. The monoisotopic (exact) mass is 529 g/mol. The van der Waals surface area contributed by atoms with Crippen LogP contribution in [0.15, 0.2) is 66.7 Å². The number of carbonyl (C=O) groups is 1. The van der Waals surface area contributed by atoms with Gasteiger partial charge >= 0.3 is 0 Å². The Morgan fingerprint density at radius 3 is 2.54 bits per heavy atom. The van der Waals surface area contributed by atoms with Crippen molar-refractivity contribution in [3.63, 3.8) is 0 Å². The molecule has 7 heteroatoms. The van der Waals surface area contributed by atoms with Crippen LogP contribution in [-0.2, 0) is 32.2 Å². The van der Waals surface area contributed by atoms with Crippen molar-refractivity contribution in [1.29, 1.82) is 0 Å². The minimum atomic E-state index is -1.00. The number of hydrogen-bond donors (Lipinski definition) is 3. The number of para-hydroxylation sites is 1. The van der Waals surface area contributed by atoms with Gasteiger partial charge in [0.25, 0.3) is 5.91 Å². The molecule has 3 N–H and O–H groups in total. The molecule has 202 valence electrons. The van der Waals surface area contributed by atoms with Crippen LogP contribution < -0.4 is 10.6 Å². The Balaban J connectivity index is 1.39. The first-order valence-corrected chi connectivity index (χ1v) is 13.5. The van der Waals surface area contributed by atoms with Crippen molar-refractivity contribution in [2.45, 2.75) is 57.7 Å². The Bertz CT molecular complexity index is 1470. The van der Waals surface area contributed by atoms with Gasteiger partial charge in [0.05, 0.1) is 23.2 Å². The standard InChI is InChI=1S/C32H33F2N3O2/c1-2-20-7-5-8-21(13-20)18-35-19-30(38)29(16-22-14-23(33)17-24(34)15-22)37-32(39)31-25-9-3-4-11-27(25)36-28-12-6-10-26(28)31/h3-5,7-9,11,13-15,17,29-30,35,38H,2,6,10,12,16,18-19H2,1H3,(H,37,39)/t29-,30-/m0/s1. The second-order valence-corrected chi connectivity index (χ2v) is 10.2. The maximum atomic E-state index is 14.0. The molecule has 0 unspecified atom stereocenters. The molecule has 5 nitrogen and oxygen atoms in total. The Kier molecular flexibility index (Phi) is 8.29. The number of aliphatic hydroxyl groups excluding tert-OH is 1. The summed E-state index contributed by atoms with van der Waals surface area (Å²) in [5, 5.41) is 18.2. The molecule has 39 heavy (non-hydrogen) atoms. The van der Waals surface area contributed by atoms with Crippen molar-refractivity contribution in [3.05, 3.63) is 112 Å². The summed E-state index contributed by atoms with van der Waals surface area (Å²) in [6.45, 7) is 2.83. The zero-order valence-electron chi connectivity index (χ0n) is 22.0. The molecule has 0 saturated carbocycles. The molecule has 4 aromatic rings. The highest BCUT2D eigenvalue weighted by Gasteiger charge is 2.28. The molecule has 0 aliphatic heterocycles. The number of aliphatic hydroxyl groups is 1. The predicted molar refractivity (Wildman–Crippen MR) is 149 cm³/mol. The summed E-state index contributed by atoms with van der Waals surface area (Å²) in [5.41, 5.74) is 5.86. The van der Waals surface area contributed by atoms with Gasteiger partial charge in [-0.1, -0.05) is 49.4 Å². The molecule has 1 aromatic heterocycles. The maximum Gasteiger partial charge on any atom is 0.252 e. The zero-order valence-corrected chi connectivity index (χ0v) is 22.0. The van der Waals surface area contributed by atoms with Gasteiger partial charge in [-0.25, -0.2) is 8.78 Å². The Morgan fingerprint density at radius 1 is 0.974 bits per heavy atom. The molecular weight excluding hydrogens is 496 g/mol. The van der Waals surface area contributed by atoms with Crippen molar-refractivity contribution < 1.29 is 18.7 Å². The third kappa shape index (κ3) is 6.32. The predicted octanol–water partition coefficient (Wildman–Crippen LogP) is 5.06. The lowest BCUT2D eigenvalue weighted by Crippen LogP contribution is -2.49. The molecule has 1 aliphatic carbocycles. The number of nitrogens with zero attached hydrogens (tertiary/aromatic N) is 1. The maximum absolute atomic E-state index is 14.0. The molecule has 1 heterocycles. The molecule has 0 spiro atoms. The second kappa shape index (κ2) is 12.0. The SMILES string of the molecule is CCc1cccc(CNC[C@H](O)[C@H](Cc2cc(F)cc(F)c2)NC(=O)c2c3c(nc4ccccc24)CCC3)c1. The highest BCUT2D eigenvalue weighted by atomic mass is 19.1. The first-order valence-electron chi connectivity index (χ1n) is 13.5. The van der Waals surface area contributed by atoms with Crippen molar-refractivity contribution in [2.24, 2.45) is 0 Å². The first-order chi connectivity index (χ1) is 18.9. The molecule has 1 aliphatic rings. The van der Waals surface area contributed by atoms with Crippen LogP contribution in [0.25, 0.3) is 10.9 Å². The number of fused-ring (bicyclic) bond motifs is 2. The summed E-state index contributed by atoms with van der Waals surface area (Å²) in [7, 11) is 0. The Hall–Kier alpha value is -3.68. The largest absolute Gasteiger partial charge is 0.390 e. The van der Waals surface area contributed by atoms with Crippen LogP contribution in [0.1, 0.15) is 51.7 Å². The van der Waals surface area contributed by atoms with E-state index in [9.17, 15) is 18.7 Å². The number of nitrogens with one attached hydrogen (secondary N) is 2. The molecule has 2 atom stereocenters.